The fraction of sp³-hybridized carbons (Fsp3) is 0.200. The van der Waals surface area contributed by atoms with Crippen LogP contribution in [0.25, 0.3) is 11.5 Å². The molecule has 4 nitrogen and oxygen atoms in total. The van der Waals surface area contributed by atoms with Gasteiger partial charge in [0.2, 0.25) is 0 Å². The fourth-order valence-electron chi connectivity index (χ4n) is 1.24. The molecule has 0 aliphatic carbocycles. The molecule has 0 radical (unpaired) electrons. The van der Waals surface area contributed by atoms with Gasteiger partial charge in [-0.1, -0.05) is 17.3 Å². The van der Waals surface area contributed by atoms with Crippen LogP contribution >= 0.6 is 11.6 Å². The van der Waals surface area contributed by atoms with Crippen molar-refractivity contribution in [3.8, 4) is 17.2 Å². The summed E-state index contributed by atoms with van der Waals surface area (Å²) in [6.07, 6.45) is 0. The van der Waals surface area contributed by atoms with E-state index in [2.05, 4.69) is 10.1 Å². The number of para-hydroxylation sites is 1. The molecule has 1 aromatic carbocycles. The zero-order chi connectivity index (χ0) is 10.7. The summed E-state index contributed by atoms with van der Waals surface area (Å²) in [6.45, 7) is 0. The predicted molar refractivity (Wildman–Crippen MR) is 55.8 cm³/mol. The van der Waals surface area contributed by atoms with E-state index in [4.69, 9.17) is 20.9 Å². The number of rotatable bonds is 3. The van der Waals surface area contributed by atoms with E-state index >= 15 is 0 Å². The van der Waals surface area contributed by atoms with Crippen molar-refractivity contribution >= 4 is 11.6 Å². The number of alkyl halides is 1. The van der Waals surface area contributed by atoms with Crippen molar-refractivity contribution in [1.82, 2.24) is 10.1 Å². The Bertz CT molecular complexity index is 456. The van der Waals surface area contributed by atoms with E-state index < -0.39 is 0 Å². The minimum atomic E-state index is 0.235. The summed E-state index contributed by atoms with van der Waals surface area (Å²) in [5.74, 6) is 1.82. The summed E-state index contributed by atoms with van der Waals surface area (Å²) < 4.78 is 10.2. The molecule has 0 aliphatic heterocycles. The Labute approximate surface area is 91.8 Å². The van der Waals surface area contributed by atoms with Crippen molar-refractivity contribution in [2.75, 3.05) is 7.11 Å². The van der Waals surface area contributed by atoms with Crippen LogP contribution in [-0.2, 0) is 5.88 Å². The van der Waals surface area contributed by atoms with Crippen molar-refractivity contribution < 1.29 is 9.26 Å². The van der Waals surface area contributed by atoms with E-state index in [1.165, 1.54) is 0 Å². The van der Waals surface area contributed by atoms with Gasteiger partial charge in [-0.05, 0) is 12.1 Å². The first kappa shape index (κ1) is 9.98. The first-order valence-electron chi connectivity index (χ1n) is 4.37. The first-order valence-corrected chi connectivity index (χ1v) is 4.90. The monoisotopic (exact) mass is 224 g/mol. The highest BCUT2D eigenvalue weighted by molar-refractivity contribution is 6.16. The quantitative estimate of drug-likeness (QED) is 0.752. The lowest BCUT2D eigenvalue weighted by Crippen LogP contribution is -1.87. The van der Waals surface area contributed by atoms with Crippen LogP contribution in [0.15, 0.2) is 28.8 Å². The minimum Gasteiger partial charge on any atom is -0.496 e. The summed E-state index contributed by atoms with van der Waals surface area (Å²) in [7, 11) is 1.59. The van der Waals surface area contributed by atoms with E-state index in [-0.39, 0.29) is 5.88 Å². The molecule has 0 saturated heterocycles. The Morgan fingerprint density at radius 2 is 2.20 bits per heavy atom. The Kier molecular flexibility index (Phi) is 2.87. The Morgan fingerprint density at radius 1 is 1.40 bits per heavy atom. The molecule has 1 heterocycles. The van der Waals surface area contributed by atoms with Gasteiger partial charge < -0.3 is 9.26 Å². The molecule has 0 bridgehead atoms. The maximum atomic E-state index is 5.59. The van der Waals surface area contributed by atoms with Crippen LogP contribution in [-0.4, -0.2) is 17.3 Å². The smallest absolute Gasteiger partial charge is 0.261 e. The molecule has 0 N–H and O–H groups in total. The van der Waals surface area contributed by atoms with Crippen LogP contribution in [0, 0.1) is 0 Å². The summed E-state index contributed by atoms with van der Waals surface area (Å²) in [5, 5.41) is 3.71. The third-order valence-corrected chi connectivity index (χ3v) is 2.16. The van der Waals surface area contributed by atoms with Gasteiger partial charge in [-0.2, -0.15) is 4.98 Å². The summed E-state index contributed by atoms with van der Waals surface area (Å²) in [6, 6.07) is 7.44. The van der Waals surface area contributed by atoms with E-state index in [0.717, 1.165) is 5.56 Å². The number of hydrogen-bond donors (Lipinski definition) is 0. The maximum Gasteiger partial charge on any atom is 0.261 e. The number of halogens is 1. The predicted octanol–water partition coefficient (Wildman–Crippen LogP) is 2.48. The van der Waals surface area contributed by atoms with Crippen molar-refractivity contribution in [3.63, 3.8) is 0 Å². The second kappa shape index (κ2) is 4.31. The van der Waals surface area contributed by atoms with Crippen molar-refractivity contribution in [2.24, 2.45) is 0 Å². The molecule has 0 aliphatic rings. The van der Waals surface area contributed by atoms with Crippen molar-refractivity contribution in [3.05, 3.63) is 30.1 Å². The highest BCUT2D eigenvalue weighted by Crippen LogP contribution is 2.27. The van der Waals surface area contributed by atoms with Crippen molar-refractivity contribution in [1.29, 1.82) is 0 Å². The molecular formula is C10H9ClN2O2. The molecular weight excluding hydrogens is 216 g/mol. The lowest BCUT2D eigenvalue weighted by atomic mass is 10.2. The molecule has 2 aromatic rings. The number of benzene rings is 1. The topological polar surface area (TPSA) is 48.2 Å². The number of hydrogen-bond acceptors (Lipinski definition) is 4. The Balaban J connectivity index is 2.44. The van der Waals surface area contributed by atoms with Gasteiger partial charge in [0.15, 0.2) is 5.82 Å². The van der Waals surface area contributed by atoms with Gasteiger partial charge in [-0.3, -0.25) is 0 Å². The second-order valence-electron chi connectivity index (χ2n) is 2.85. The molecule has 15 heavy (non-hydrogen) atoms. The van der Waals surface area contributed by atoms with Crippen LogP contribution in [0.2, 0.25) is 0 Å². The second-order valence-corrected chi connectivity index (χ2v) is 3.12. The molecule has 0 fully saturated rings. The first-order chi connectivity index (χ1) is 7.35. The van der Waals surface area contributed by atoms with Crippen LogP contribution in [0.4, 0.5) is 0 Å². The van der Waals surface area contributed by atoms with E-state index in [1.807, 2.05) is 24.3 Å². The molecule has 0 unspecified atom stereocenters. The Hall–Kier alpha value is -1.55. The fourth-order valence-corrected chi connectivity index (χ4v) is 1.35. The van der Waals surface area contributed by atoms with Crippen molar-refractivity contribution in [2.45, 2.75) is 5.88 Å². The third-order valence-electron chi connectivity index (χ3n) is 1.92. The molecule has 78 valence electrons. The molecule has 0 saturated carbocycles. The molecule has 1 aromatic heterocycles. The van der Waals surface area contributed by atoms with E-state index in [9.17, 15) is 0 Å². The van der Waals surface area contributed by atoms with Crippen LogP contribution in [0.1, 0.15) is 5.82 Å². The van der Waals surface area contributed by atoms with Crippen LogP contribution < -0.4 is 4.74 Å². The average Bonchev–Trinajstić information content (AvgIpc) is 2.77. The highest BCUT2D eigenvalue weighted by Gasteiger charge is 2.12. The normalized spacial score (nSPS) is 10.3. The van der Waals surface area contributed by atoms with Gasteiger partial charge in [-0.15, -0.1) is 11.6 Å². The molecule has 5 heteroatoms. The molecule has 0 atom stereocenters. The van der Waals surface area contributed by atoms with Gasteiger partial charge in [0.05, 0.1) is 18.6 Å². The average molecular weight is 225 g/mol. The molecule has 0 spiro atoms. The summed E-state index contributed by atoms with van der Waals surface area (Å²) in [4.78, 5) is 4.12. The largest absolute Gasteiger partial charge is 0.496 e. The standard InChI is InChI=1S/C10H9ClN2O2/c1-14-8-5-3-2-4-7(8)10-12-9(6-11)13-15-10/h2-5H,6H2,1H3. The summed E-state index contributed by atoms with van der Waals surface area (Å²) in [5.41, 5.74) is 0.767. The third kappa shape index (κ3) is 1.94. The SMILES string of the molecule is COc1ccccc1-c1nc(CCl)no1. The number of ether oxygens (including phenoxy) is 1. The summed E-state index contributed by atoms with van der Waals surface area (Å²) >= 11 is 5.59. The zero-order valence-corrected chi connectivity index (χ0v) is 8.86. The van der Waals surface area contributed by atoms with E-state index in [0.29, 0.717) is 17.5 Å². The number of nitrogens with zero attached hydrogens (tertiary/aromatic N) is 2. The van der Waals surface area contributed by atoms with E-state index in [1.54, 1.807) is 7.11 Å². The highest BCUT2D eigenvalue weighted by atomic mass is 35.5. The lowest BCUT2D eigenvalue weighted by Gasteiger charge is -2.02. The number of methoxy groups -OCH3 is 1. The Morgan fingerprint density at radius 3 is 2.87 bits per heavy atom. The molecule has 2 rings (SSSR count). The van der Waals surface area contributed by atoms with Gasteiger partial charge in [-0.25, -0.2) is 0 Å². The van der Waals surface area contributed by atoms with Gasteiger partial charge >= 0.3 is 0 Å². The number of aromatic nitrogens is 2. The van der Waals surface area contributed by atoms with Crippen LogP contribution in [0.3, 0.4) is 0 Å². The molecule has 0 amide bonds. The zero-order valence-electron chi connectivity index (χ0n) is 8.11. The van der Waals surface area contributed by atoms with Gasteiger partial charge in [0.1, 0.15) is 5.75 Å². The maximum absolute atomic E-state index is 5.59. The van der Waals surface area contributed by atoms with Gasteiger partial charge in [0, 0.05) is 0 Å². The minimum absolute atomic E-state index is 0.235. The van der Waals surface area contributed by atoms with Crippen LogP contribution in [0.5, 0.6) is 5.75 Å². The lowest BCUT2D eigenvalue weighted by molar-refractivity contribution is 0.403. The van der Waals surface area contributed by atoms with Gasteiger partial charge in [0.25, 0.3) is 5.89 Å².